The summed E-state index contributed by atoms with van der Waals surface area (Å²) < 4.78 is 5.44. The monoisotopic (exact) mass is 301 g/mol. The Morgan fingerprint density at radius 2 is 1.95 bits per heavy atom. The molecule has 0 saturated heterocycles. The largest absolute Gasteiger partial charge is 0.367 e. The number of ether oxygens (including phenoxy) is 1. The molecule has 3 fully saturated rings. The molecular weight excluding hydrogens is 274 g/mol. The van der Waals surface area contributed by atoms with Crippen molar-refractivity contribution in [1.29, 1.82) is 0 Å². The van der Waals surface area contributed by atoms with Gasteiger partial charge in [-0.3, -0.25) is 4.79 Å². The standard InChI is InChI=1S/C19H27NO2/c1-12-15-10-14(19(15,2)3)11-16(12)20-18(21)17(22-4)13-8-6-5-7-9-13/h5-9,12,14-17H,10-11H2,1-4H3,(H,20,21)/t12-,14+,15-,16-,17+/m1/s1. The summed E-state index contributed by atoms with van der Waals surface area (Å²) in [6, 6.07) is 10.0. The van der Waals surface area contributed by atoms with E-state index in [0.717, 1.165) is 23.8 Å². The Hall–Kier alpha value is -1.35. The summed E-state index contributed by atoms with van der Waals surface area (Å²) in [5.41, 5.74) is 1.36. The summed E-state index contributed by atoms with van der Waals surface area (Å²) in [4.78, 5) is 12.6. The number of carbonyl (C=O) groups is 1. The van der Waals surface area contributed by atoms with Crippen LogP contribution in [0.15, 0.2) is 30.3 Å². The molecule has 3 saturated carbocycles. The molecule has 3 aliphatic rings. The van der Waals surface area contributed by atoms with Crippen LogP contribution in [0.1, 0.15) is 45.3 Å². The molecule has 3 aliphatic carbocycles. The van der Waals surface area contributed by atoms with Gasteiger partial charge in [-0.15, -0.1) is 0 Å². The number of carbonyl (C=O) groups excluding carboxylic acids is 1. The Morgan fingerprint density at radius 1 is 1.27 bits per heavy atom. The molecular formula is C19H27NO2. The van der Waals surface area contributed by atoms with Crippen molar-refractivity contribution in [2.75, 3.05) is 7.11 Å². The van der Waals surface area contributed by atoms with E-state index in [-0.39, 0.29) is 11.9 Å². The second-order valence-corrected chi connectivity index (χ2v) is 7.60. The van der Waals surface area contributed by atoms with Gasteiger partial charge in [0.05, 0.1) is 0 Å². The fourth-order valence-electron chi connectivity index (χ4n) is 4.62. The fraction of sp³-hybridized carbons (Fsp3) is 0.632. The molecule has 0 spiro atoms. The lowest BCUT2D eigenvalue weighted by molar-refractivity contribution is -0.141. The zero-order chi connectivity index (χ0) is 15.9. The Balaban J connectivity index is 1.67. The molecule has 4 rings (SSSR count). The van der Waals surface area contributed by atoms with Gasteiger partial charge < -0.3 is 10.1 Å². The summed E-state index contributed by atoms with van der Waals surface area (Å²) >= 11 is 0. The van der Waals surface area contributed by atoms with Crippen LogP contribution in [0.3, 0.4) is 0 Å². The zero-order valence-corrected chi connectivity index (χ0v) is 14.0. The van der Waals surface area contributed by atoms with Crippen molar-refractivity contribution in [3.63, 3.8) is 0 Å². The minimum atomic E-state index is -0.514. The first kappa shape index (κ1) is 15.5. The van der Waals surface area contributed by atoms with Crippen molar-refractivity contribution in [3.8, 4) is 0 Å². The van der Waals surface area contributed by atoms with Crippen LogP contribution in [0, 0.1) is 23.2 Å². The Bertz CT molecular complexity index is 540. The Kier molecular flexibility index (Phi) is 4.02. The predicted octanol–water partition coefficient (Wildman–Crippen LogP) is 3.56. The van der Waals surface area contributed by atoms with E-state index in [4.69, 9.17) is 4.74 Å². The third-order valence-electron chi connectivity index (χ3n) is 6.26. The van der Waals surface area contributed by atoms with Crippen LogP contribution in [-0.2, 0) is 9.53 Å². The molecule has 5 atom stereocenters. The zero-order valence-electron chi connectivity index (χ0n) is 14.0. The second-order valence-electron chi connectivity index (χ2n) is 7.60. The molecule has 0 aliphatic heterocycles. The van der Waals surface area contributed by atoms with E-state index in [0.29, 0.717) is 11.3 Å². The number of methoxy groups -OCH3 is 1. The first-order chi connectivity index (χ1) is 10.4. The maximum absolute atomic E-state index is 12.6. The second kappa shape index (κ2) is 5.69. The lowest BCUT2D eigenvalue weighted by Gasteiger charge is -2.62. The van der Waals surface area contributed by atoms with Crippen molar-refractivity contribution >= 4 is 5.91 Å². The molecule has 3 nitrogen and oxygen atoms in total. The maximum atomic E-state index is 12.6. The van der Waals surface area contributed by atoms with Gasteiger partial charge in [-0.1, -0.05) is 51.1 Å². The quantitative estimate of drug-likeness (QED) is 0.923. The first-order valence-electron chi connectivity index (χ1n) is 8.33. The third-order valence-corrected chi connectivity index (χ3v) is 6.26. The molecule has 1 amide bonds. The molecule has 0 heterocycles. The normalized spacial score (nSPS) is 33.6. The summed E-state index contributed by atoms with van der Waals surface area (Å²) in [6.07, 6.45) is 1.91. The Labute approximate surface area is 133 Å². The average molecular weight is 301 g/mol. The smallest absolute Gasteiger partial charge is 0.253 e. The lowest BCUT2D eigenvalue weighted by atomic mass is 9.45. The summed E-state index contributed by atoms with van der Waals surface area (Å²) in [5.74, 6) is 2.01. The first-order valence-corrected chi connectivity index (χ1v) is 8.33. The highest BCUT2D eigenvalue weighted by Crippen LogP contribution is 2.61. The number of rotatable bonds is 4. The van der Waals surface area contributed by atoms with E-state index in [1.165, 1.54) is 6.42 Å². The van der Waals surface area contributed by atoms with Gasteiger partial charge in [0.25, 0.3) is 5.91 Å². The molecule has 1 aromatic rings. The number of benzene rings is 1. The van der Waals surface area contributed by atoms with Crippen LogP contribution in [0.25, 0.3) is 0 Å². The van der Waals surface area contributed by atoms with Gasteiger partial charge in [0.15, 0.2) is 6.10 Å². The van der Waals surface area contributed by atoms with E-state index in [1.807, 2.05) is 30.3 Å². The van der Waals surface area contributed by atoms with Crippen LogP contribution < -0.4 is 5.32 Å². The van der Waals surface area contributed by atoms with Crippen LogP contribution in [0.2, 0.25) is 0 Å². The number of amides is 1. The number of hydrogen-bond donors (Lipinski definition) is 1. The third kappa shape index (κ3) is 2.45. The number of hydrogen-bond acceptors (Lipinski definition) is 2. The molecule has 3 heteroatoms. The molecule has 0 radical (unpaired) electrons. The van der Waals surface area contributed by atoms with E-state index >= 15 is 0 Å². The molecule has 2 bridgehead atoms. The van der Waals surface area contributed by atoms with E-state index in [9.17, 15) is 4.79 Å². The van der Waals surface area contributed by atoms with Gasteiger partial charge in [-0.05, 0) is 41.6 Å². The van der Waals surface area contributed by atoms with Crippen molar-refractivity contribution in [3.05, 3.63) is 35.9 Å². The summed E-state index contributed by atoms with van der Waals surface area (Å²) in [5, 5.41) is 3.25. The van der Waals surface area contributed by atoms with Crippen LogP contribution in [0.5, 0.6) is 0 Å². The lowest BCUT2D eigenvalue weighted by Crippen LogP contribution is -2.61. The van der Waals surface area contributed by atoms with Crippen LogP contribution in [0.4, 0.5) is 0 Å². The summed E-state index contributed by atoms with van der Waals surface area (Å²) in [7, 11) is 1.60. The van der Waals surface area contributed by atoms with Gasteiger partial charge in [0, 0.05) is 13.2 Å². The topological polar surface area (TPSA) is 38.3 Å². The average Bonchev–Trinajstić information content (AvgIpc) is 2.50. The highest BCUT2D eigenvalue weighted by Gasteiger charge is 2.56. The minimum absolute atomic E-state index is 0.00958. The van der Waals surface area contributed by atoms with Gasteiger partial charge in [0.2, 0.25) is 0 Å². The molecule has 0 unspecified atom stereocenters. The molecule has 120 valence electrons. The fourth-order valence-corrected chi connectivity index (χ4v) is 4.62. The highest BCUT2D eigenvalue weighted by molar-refractivity contribution is 5.82. The van der Waals surface area contributed by atoms with Crippen molar-refractivity contribution in [2.45, 2.75) is 45.8 Å². The Morgan fingerprint density at radius 3 is 2.50 bits per heavy atom. The van der Waals surface area contributed by atoms with Crippen LogP contribution in [-0.4, -0.2) is 19.1 Å². The minimum Gasteiger partial charge on any atom is -0.367 e. The van der Waals surface area contributed by atoms with E-state index in [2.05, 4.69) is 26.1 Å². The van der Waals surface area contributed by atoms with Gasteiger partial charge in [-0.25, -0.2) is 0 Å². The van der Waals surface area contributed by atoms with Crippen molar-refractivity contribution < 1.29 is 9.53 Å². The van der Waals surface area contributed by atoms with Gasteiger partial charge >= 0.3 is 0 Å². The van der Waals surface area contributed by atoms with E-state index < -0.39 is 6.10 Å². The predicted molar refractivity (Wildman–Crippen MR) is 87.3 cm³/mol. The highest BCUT2D eigenvalue weighted by atomic mass is 16.5. The molecule has 1 aromatic carbocycles. The SMILES string of the molecule is CO[C@H](C(=O)N[C@@H]1C[C@@H]2C[C@H]([C@H]1C)C2(C)C)c1ccccc1. The van der Waals surface area contributed by atoms with Crippen molar-refractivity contribution in [1.82, 2.24) is 5.32 Å². The van der Waals surface area contributed by atoms with Crippen molar-refractivity contribution in [2.24, 2.45) is 23.2 Å². The molecule has 1 N–H and O–H groups in total. The maximum Gasteiger partial charge on any atom is 0.253 e. The molecule has 0 aromatic heterocycles. The van der Waals surface area contributed by atoms with Gasteiger partial charge in [0.1, 0.15) is 0 Å². The van der Waals surface area contributed by atoms with E-state index in [1.54, 1.807) is 7.11 Å². The summed E-state index contributed by atoms with van der Waals surface area (Å²) in [6.45, 7) is 7.04. The number of nitrogens with one attached hydrogen (secondary N) is 1. The van der Waals surface area contributed by atoms with Gasteiger partial charge in [-0.2, -0.15) is 0 Å². The van der Waals surface area contributed by atoms with Crippen LogP contribution >= 0.6 is 0 Å². The molecule has 22 heavy (non-hydrogen) atoms. The number of fused-ring (bicyclic) bond motifs is 2.